The summed E-state index contributed by atoms with van der Waals surface area (Å²) in [6, 6.07) is 2.59. The van der Waals surface area contributed by atoms with Crippen molar-refractivity contribution in [3.8, 4) is 0 Å². The maximum absolute atomic E-state index is 14.3. The van der Waals surface area contributed by atoms with Crippen LogP contribution in [0.4, 0.5) is 8.78 Å². The average molecular weight is 345 g/mol. The molecule has 9 heteroatoms. The van der Waals surface area contributed by atoms with Crippen LogP contribution in [0.2, 0.25) is 0 Å². The predicted octanol–water partition coefficient (Wildman–Crippen LogP) is 1.27. The summed E-state index contributed by atoms with van der Waals surface area (Å²) in [6.45, 7) is 2.19. The standard InChI is InChI=1S/C14H17F2N3O3S/c1-13(2,23(3,21)22)14(20,7-19-9-17-8-18-19)11-5-4-10(15)6-12(11)16/h4-6,8-9,20H,7H2,1-3H3/t14-/m0/s1. The molecule has 1 N–H and O–H groups in total. The smallest absolute Gasteiger partial charge is 0.155 e. The minimum Gasteiger partial charge on any atom is -0.381 e. The molecule has 1 aromatic heterocycles. The molecule has 126 valence electrons. The molecule has 1 aromatic carbocycles. The second-order valence-corrected chi connectivity index (χ2v) is 8.42. The van der Waals surface area contributed by atoms with Crippen LogP contribution in [0.25, 0.3) is 0 Å². The molecule has 0 aliphatic heterocycles. The molecule has 0 amide bonds. The monoisotopic (exact) mass is 345 g/mol. The highest BCUT2D eigenvalue weighted by molar-refractivity contribution is 7.92. The Morgan fingerprint density at radius 3 is 2.43 bits per heavy atom. The second kappa shape index (κ2) is 5.64. The van der Waals surface area contributed by atoms with Gasteiger partial charge < -0.3 is 5.11 Å². The average Bonchev–Trinajstić information content (AvgIpc) is 2.89. The van der Waals surface area contributed by atoms with Gasteiger partial charge in [0.25, 0.3) is 0 Å². The van der Waals surface area contributed by atoms with E-state index in [1.165, 1.54) is 31.2 Å². The lowest BCUT2D eigenvalue weighted by Crippen LogP contribution is -2.55. The number of hydrogen-bond donors (Lipinski definition) is 1. The van der Waals surface area contributed by atoms with Gasteiger partial charge in [-0.05, 0) is 19.9 Å². The van der Waals surface area contributed by atoms with Crippen molar-refractivity contribution < 1.29 is 22.3 Å². The minimum atomic E-state index is -3.81. The van der Waals surface area contributed by atoms with Crippen LogP contribution in [-0.4, -0.2) is 39.3 Å². The molecule has 0 aliphatic rings. The first kappa shape index (κ1) is 17.5. The number of nitrogens with zero attached hydrogens (tertiary/aromatic N) is 3. The zero-order chi connectivity index (χ0) is 17.5. The molecule has 0 unspecified atom stereocenters. The fourth-order valence-electron chi connectivity index (χ4n) is 2.28. The number of aromatic nitrogens is 3. The van der Waals surface area contributed by atoms with E-state index in [4.69, 9.17) is 0 Å². The zero-order valence-electron chi connectivity index (χ0n) is 12.9. The summed E-state index contributed by atoms with van der Waals surface area (Å²) in [6.07, 6.45) is 3.42. The van der Waals surface area contributed by atoms with Gasteiger partial charge in [-0.1, -0.05) is 6.07 Å². The largest absolute Gasteiger partial charge is 0.381 e. The number of rotatable bonds is 5. The van der Waals surface area contributed by atoms with E-state index in [0.29, 0.717) is 6.07 Å². The third-order valence-corrected chi connectivity index (χ3v) is 6.35. The maximum atomic E-state index is 14.3. The SMILES string of the molecule is CC(C)([C@](O)(Cn1cncn1)c1ccc(F)cc1F)S(C)(=O)=O. The van der Waals surface area contributed by atoms with Crippen molar-refractivity contribution in [3.05, 3.63) is 48.1 Å². The lowest BCUT2D eigenvalue weighted by Gasteiger charge is -2.41. The van der Waals surface area contributed by atoms with Gasteiger partial charge in [-0.25, -0.2) is 26.9 Å². The highest BCUT2D eigenvalue weighted by Crippen LogP contribution is 2.40. The van der Waals surface area contributed by atoms with Gasteiger partial charge in [0.05, 0.1) is 6.54 Å². The van der Waals surface area contributed by atoms with Crippen LogP contribution < -0.4 is 0 Å². The van der Waals surface area contributed by atoms with Gasteiger partial charge in [-0.3, -0.25) is 0 Å². The van der Waals surface area contributed by atoms with E-state index in [-0.39, 0.29) is 12.1 Å². The molecule has 0 aliphatic carbocycles. The Labute approximate surface area is 132 Å². The van der Waals surface area contributed by atoms with E-state index < -0.39 is 31.8 Å². The summed E-state index contributed by atoms with van der Waals surface area (Å²) >= 11 is 0. The van der Waals surface area contributed by atoms with Crippen LogP contribution in [-0.2, 0) is 22.0 Å². The third kappa shape index (κ3) is 2.98. The molecule has 1 atom stereocenters. The molecule has 23 heavy (non-hydrogen) atoms. The Morgan fingerprint density at radius 2 is 1.96 bits per heavy atom. The molecule has 6 nitrogen and oxygen atoms in total. The summed E-state index contributed by atoms with van der Waals surface area (Å²) in [5, 5.41) is 15.0. The number of aliphatic hydroxyl groups is 1. The van der Waals surface area contributed by atoms with Crippen molar-refractivity contribution in [3.63, 3.8) is 0 Å². The van der Waals surface area contributed by atoms with E-state index in [2.05, 4.69) is 10.1 Å². The van der Waals surface area contributed by atoms with Gasteiger partial charge in [0, 0.05) is 17.9 Å². The van der Waals surface area contributed by atoms with E-state index >= 15 is 0 Å². The van der Waals surface area contributed by atoms with Crippen LogP contribution >= 0.6 is 0 Å². The van der Waals surface area contributed by atoms with Crippen molar-refractivity contribution in [2.24, 2.45) is 0 Å². The Morgan fingerprint density at radius 1 is 1.30 bits per heavy atom. The van der Waals surface area contributed by atoms with Crippen LogP contribution in [0, 0.1) is 11.6 Å². The van der Waals surface area contributed by atoms with E-state index in [9.17, 15) is 22.3 Å². The quantitative estimate of drug-likeness (QED) is 0.882. The van der Waals surface area contributed by atoms with Crippen LogP contribution in [0.3, 0.4) is 0 Å². The fourth-order valence-corrected chi connectivity index (χ4v) is 3.07. The van der Waals surface area contributed by atoms with E-state index in [0.717, 1.165) is 18.4 Å². The number of halogens is 2. The van der Waals surface area contributed by atoms with Crippen molar-refractivity contribution in [1.82, 2.24) is 14.8 Å². The Balaban J connectivity index is 2.69. The Hall–Kier alpha value is -1.87. The molecule has 0 saturated carbocycles. The molecule has 1 heterocycles. The molecular formula is C14H17F2N3O3S. The summed E-state index contributed by atoms with van der Waals surface area (Å²) < 4.78 is 51.2. The van der Waals surface area contributed by atoms with Gasteiger partial charge in [0.2, 0.25) is 0 Å². The van der Waals surface area contributed by atoms with Gasteiger partial charge in [0.1, 0.15) is 34.6 Å². The summed E-state index contributed by atoms with van der Waals surface area (Å²) in [5.41, 5.74) is -2.52. The Kier molecular flexibility index (Phi) is 4.29. The molecule has 0 saturated heterocycles. The predicted molar refractivity (Wildman–Crippen MR) is 79.2 cm³/mol. The van der Waals surface area contributed by atoms with Gasteiger partial charge in [-0.15, -0.1) is 0 Å². The third-order valence-electron chi connectivity index (χ3n) is 4.16. The minimum absolute atomic E-state index is 0.329. The molecule has 0 bridgehead atoms. The summed E-state index contributed by atoms with van der Waals surface area (Å²) in [4.78, 5) is 3.72. The Bertz CT molecular complexity index is 807. The number of hydrogen-bond acceptors (Lipinski definition) is 5. The zero-order valence-corrected chi connectivity index (χ0v) is 13.7. The van der Waals surface area contributed by atoms with Crippen LogP contribution in [0.1, 0.15) is 19.4 Å². The fraction of sp³-hybridized carbons (Fsp3) is 0.429. The molecular weight excluding hydrogens is 328 g/mol. The van der Waals surface area contributed by atoms with Gasteiger partial charge in [0.15, 0.2) is 9.84 Å². The number of benzene rings is 1. The lowest BCUT2D eigenvalue weighted by molar-refractivity contribution is -0.0199. The van der Waals surface area contributed by atoms with Crippen LogP contribution in [0.15, 0.2) is 30.9 Å². The van der Waals surface area contributed by atoms with E-state index in [1.54, 1.807) is 0 Å². The van der Waals surface area contributed by atoms with Crippen molar-refractivity contribution in [2.75, 3.05) is 6.26 Å². The normalized spacial score (nSPS) is 15.4. The second-order valence-electron chi connectivity index (χ2n) is 5.86. The van der Waals surface area contributed by atoms with Gasteiger partial charge in [-0.2, -0.15) is 5.10 Å². The number of sulfone groups is 1. The first-order valence-electron chi connectivity index (χ1n) is 6.69. The first-order chi connectivity index (χ1) is 10.5. The van der Waals surface area contributed by atoms with Crippen molar-refractivity contribution in [1.29, 1.82) is 0 Å². The maximum Gasteiger partial charge on any atom is 0.155 e. The lowest BCUT2D eigenvalue weighted by atomic mass is 9.82. The molecule has 0 spiro atoms. The molecule has 2 aromatic rings. The molecule has 0 radical (unpaired) electrons. The van der Waals surface area contributed by atoms with E-state index in [1.807, 2.05) is 0 Å². The molecule has 0 fully saturated rings. The highest BCUT2D eigenvalue weighted by atomic mass is 32.2. The summed E-state index contributed by atoms with van der Waals surface area (Å²) in [7, 11) is -3.81. The highest BCUT2D eigenvalue weighted by Gasteiger charge is 2.53. The van der Waals surface area contributed by atoms with Crippen LogP contribution in [0.5, 0.6) is 0 Å². The van der Waals surface area contributed by atoms with Crippen molar-refractivity contribution in [2.45, 2.75) is 30.7 Å². The molecule has 2 rings (SSSR count). The van der Waals surface area contributed by atoms with Crippen molar-refractivity contribution >= 4 is 9.84 Å². The first-order valence-corrected chi connectivity index (χ1v) is 8.58. The topological polar surface area (TPSA) is 85.1 Å². The summed E-state index contributed by atoms with van der Waals surface area (Å²) in [5.74, 6) is -1.86. The van der Waals surface area contributed by atoms with Gasteiger partial charge >= 0.3 is 0 Å².